The predicted molar refractivity (Wildman–Crippen MR) is 106 cm³/mol. The number of nitrogens with one attached hydrogen (secondary N) is 2. The lowest BCUT2D eigenvalue weighted by molar-refractivity contribution is -0.136. The number of thiocarbonyl (C=S) groups is 1. The first-order valence-corrected chi connectivity index (χ1v) is 9.54. The van der Waals surface area contributed by atoms with E-state index in [0.29, 0.717) is 16.4 Å². The van der Waals surface area contributed by atoms with Gasteiger partial charge in [0.1, 0.15) is 5.76 Å². The first-order valence-electron chi connectivity index (χ1n) is 7.61. The van der Waals surface area contributed by atoms with E-state index in [1.165, 1.54) is 6.92 Å². The van der Waals surface area contributed by atoms with Gasteiger partial charge in [0.25, 0.3) is 0 Å². The number of phosphoric acid groups is 1. The number of esters is 1. The van der Waals surface area contributed by atoms with E-state index in [1.54, 1.807) is 25.3 Å². The predicted octanol–water partition coefficient (Wildman–Crippen LogP) is 2.33. The van der Waals surface area contributed by atoms with Crippen molar-refractivity contribution in [1.82, 2.24) is 10.6 Å². The molecule has 0 spiro atoms. The summed E-state index contributed by atoms with van der Waals surface area (Å²) in [5.74, 6) is 0.145. The Bertz CT molecular complexity index is 573. The van der Waals surface area contributed by atoms with Crippen molar-refractivity contribution in [2.24, 2.45) is 0 Å². The third-order valence-corrected chi connectivity index (χ3v) is 3.22. The summed E-state index contributed by atoms with van der Waals surface area (Å²) < 4.78 is 19.3. The van der Waals surface area contributed by atoms with Gasteiger partial charge in [0.2, 0.25) is 0 Å². The monoisotopic (exact) mass is 406 g/mol. The minimum atomic E-state index is -4.34. The fraction of sp³-hybridized carbons (Fsp3) is 0.375. The molecule has 0 aliphatic carbocycles. The van der Waals surface area contributed by atoms with Crippen LogP contribution in [0.4, 0.5) is 0 Å². The summed E-state index contributed by atoms with van der Waals surface area (Å²) >= 11 is 4.69. The molecule has 0 amide bonds. The van der Waals surface area contributed by atoms with Gasteiger partial charge in [-0.3, -0.25) is 9.32 Å². The van der Waals surface area contributed by atoms with Crippen molar-refractivity contribution < 1.29 is 28.4 Å². The van der Waals surface area contributed by atoms with Gasteiger partial charge in [-0.2, -0.15) is 0 Å². The Kier molecular flexibility index (Phi) is 15.8. The minimum Gasteiger partial charge on any atom is -0.426 e. The summed E-state index contributed by atoms with van der Waals surface area (Å²) in [5.41, 5.74) is 0.713. The minimum absolute atomic E-state index is 0.0912. The van der Waals surface area contributed by atoms with Gasteiger partial charge < -0.3 is 25.2 Å². The summed E-state index contributed by atoms with van der Waals surface area (Å²) in [6, 6.07) is 0. The number of carbonyl (C=O) groups is 1. The third-order valence-electron chi connectivity index (χ3n) is 2.36. The van der Waals surface area contributed by atoms with Gasteiger partial charge in [0.15, 0.2) is 5.11 Å². The van der Waals surface area contributed by atoms with Gasteiger partial charge in [-0.05, 0) is 24.7 Å². The van der Waals surface area contributed by atoms with E-state index in [0.717, 1.165) is 6.42 Å². The Balaban J connectivity index is 0. The van der Waals surface area contributed by atoms with Gasteiger partial charge in [-0.15, -0.1) is 0 Å². The Hall–Kier alpha value is -1.77. The molecule has 0 radical (unpaired) electrons. The summed E-state index contributed by atoms with van der Waals surface area (Å²) in [6.07, 6.45) is 7.74. The molecule has 8 nitrogen and oxygen atoms in total. The Morgan fingerprint density at radius 1 is 1.31 bits per heavy atom. The van der Waals surface area contributed by atoms with E-state index in [-0.39, 0.29) is 19.1 Å². The van der Waals surface area contributed by atoms with Crippen molar-refractivity contribution in [3.63, 3.8) is 0 Å². The standard InChI is InChI=1S/C12H16O2.C4H11N2O4PS/c1-5-8-9-12(14-10(4)13)11(6-2)7-3;1-5-4(12)6-2-3-10-11(7,8)9/h6-9H,2-3,5H2,1,4H3;2-3H2,1H3,(H2,5,6,12)(H2,7,8,9)/b9-8-;. The molecular weight excluding hydrogens is 379 g/mol. The van der Waals surface area contributed by atoms with Crippen molar-refractivity contribution in [3.05, 3.63) is 48.8 Å². The highest BCUT2D eigenvalue weighted by atomic mass is 32.1. The first kappa shape index (κ1) is 26.5. The van der Waals surface area contributed by atoms with Crippen LogP contribution < -0.4 is 10.6 Å². The molecule has 0 aromatic heterocycles. The molecule has 0 saturated heterocycles. The quantitative estimate of drug-likeness (QED) is 0.114. The third kappa shape index (κ3) is 17.1. The lowest BCUT2D eigenvalue weighted by Gasteiger charge is -2.07. The molecular formula is C16H27N2O6PS. The maximum atomic E-state index is 10.8. The second kappa shape index (κ2) is 15.5. The van der Waals surface area contributed by atoms with Gasteiger partial charge in [0, 0.05) is 26.1 Å². The Morgan fingerprint density at radius 2 is 1.88 bits per heavy atom. The van der Waals surface area contributed by atoms with Crippen LogP contribution in [-0.4, -0.2) is 41.1 Å². The van der Waals surface area contributed by atoms with Crippen LogP contribution in [0.3, 0.4) is 0 Å². The van der Waals surface area contributed by atoms with E-state index in [1.807, 2.05) is 13.0 Å². The normalized spacial score (nSPS) is 10.2. The molecule has 148 valence electrons. The number of hydrogen-bond acceptors (Lipinski definition) is 5. The fourth-order valence-electron chi connectivity index (χ4n) is 1.27. The van der Waals surface area contributed by atoms with Gasteiger partial charge in [-0.1, -0.05) is 38.3 Å². The zero-order valence-corrected chi connectivity index (χ0v) is 16.9. The van der Waals surface area contributed by atoms with Crippen LogP contribution >= 0.6 is 20.0 Å². The number of allylic oxidation sites excluding steroid dienone is 5. The van der Waals surface area contributed by atoms with E-state index < -0.39 is 7.82 Å². The van der Waals surface area contributed by atoms with Crippen LogP contribution in [0.2, 0.25) is 0 Å². The average Bonchev–Trinajstić information content (AvgIpc) is 2.56. The van der Waals surface area contributed by atoms with E-state index in [2.05, 4.69) is 28.3 Å². The molecule has 0 saturated carbocycles. The molecule has 0 rings (SSSR count). The molecule has 4 N–H and O–H groups in total. The molecule has 0 fully saturated rings. The SMILES string of the molecule is C=CC(C=C)=C(/C=C\CC)OC(C)=O.CNC(=S)NCCOP(=O)(O)O. The van der Waals surface area contributed by atoms with Gasteiger partial charge >= 0.3 is 13.8 Å². The smallest absolute Gasteiger partial charge is 0.426 e. The highest BCUT2D eigenvalue weighted by Gasteiger charge is 2.12. The van der Waals surface area contributed by atoms with E-state index in [4.69, 9.17) is 26.7 Å². The summed E-state index contributed by atoms with van der Waals surface area (Å²) in [7, 11) is -2.70. The molecule has 0 aromatic carbocycles. The van der Waals surface area contributed by atoms with Crippen molar-refractivity contribution in [2.45, 2.75) is 20.3 Å². The largest absolute Gasteiger partial charge is 0.469 e. The fourth-order valence-corrected chi connectivity index (χ4v) is 1.70. The molecule has 0 aromatic rings. The first-order chi connectivity index (χ1) is 12.1. The second-order valence-corrected chi connectivity index (χ2v) is 6.11. The van der Waals surface area contributed by atoms with Crippen LogP contribution in [0, 0.1) is 0 Å². The summed E-state index contributed by atoms with van der Waals surface area (Å²) in [4.78, 5) is 27.3. The number of rotatable bonds is 9. The van der Waals surface area contributed by atoms with Crippen LogP contribution in [0.1, 0.15) is 20.3 Å². The zero-order chi connectivity index (χ0) is 20.6. The highest BCUT2D eigenvalue weighted by molar-refractivity contribution is 7.80. The molecule has 26 heavy (non-hydrogen) atoms. The highest BCUT2D eigenvalue weighted by Crippen LogP contribution is 2.34. The molecule has 0 bridgehead atoms. The van der Waals surface area contributed by atoms with Crippen LogP contribution in [0.15, 0.2) is 48.8 Å². The van der Waals surface area contributed by atoms with Crippen molar-refractivity contribution in [1.29, 1.82) is 0 Å². The van der Waals surface area contributed by atoms with Crippen molar-refractivity contribution in [2.75, 3.05) is 20.2 Å². The van der Waals surface area contributed by atoms with Crippen LogP contribution in [-0.2, 0) is 18.6 Å². The van der Waals surface area contributed by atoms with Gasteiger partial charge in [0.05, 0.1) is 6.61 Å². The number of phosphoric ester groups is 1. The maximum absolute atomic E-state index is 10.8. The van der Waals surface area contributed by atoms with E-state index in [9.17, 15) is 9.36 Å². The zero-order valence-electron chi connectivity index (χ0n) is 15.2. The number of carbonyl (C=O) groups excluding carboxylic acids is 1. The van der Waals surface area contributed by atoms with Crippen LogP contribution in [0.5, 0.6) is 0 Å². The number of hydrogen-bond donors (Lipinski definition) is 4. The molecule has 0 unspecified atom stereocenters. The molecule has 0 aliphatic heterocycles. The van der Waals surface area contributed by atoms with E-state index >= 15 is 0 Å². The lowest BCUT2D eigenvalue weighted by atomic mass is 10.2. The lowest BCUT2D eigenvalue weighted by Crippen LogP contribution is -2.34. The average molecular weight is 406 g/mol. The summed E-state index contributed by atoms with van der Waals surface area (Å²) in [6.45, 7) is 10.8. The number of ether oxygens (including phenoxy) is 1. The Labute approximate surface area is 159 Å². The van der Waals surface area contributed by atoms with Crippen molar-refractivity contribution in [3.8, 4) is 0 Å². The topological polar surface area (TPSA) is 117 Å². The molecule has 0 atom stereocenters. The molecule has 0 aliphatic rings. The molecule has 10 heteroatoms. The molecule has 0 heterocycles. The van der Waals surface area contributed by atoms with Crippen LogP contribution in [0.25, 0.3) is 0 Å². The second-order valence-electron chi connectivity index (χ2n) is 4.46. The van der Waals surface area contributed by atoms with Crippen molar-refractivity contribution >= 4 is 31.1 Å². The summed E-state index contributed by atoms with van der Waals surface area (Å²) in [5, 5.41) is 5.70. The maximum Gasteiger partial charge on any atom is 0.469 e. The van der Waals surface area contributed by atoms with Gasteiger partial charge in [-0.25, -0.2) is 4.57 Å². The Morgan fingerprint density at radius 3 is 2.27 bits per heavy atom.